The van der Waals surface area contributed by atoms with Gasteiger partial charge < -0.3 is 15.5 Å². The molecule has 3 rings (SSSR count). The summed E-state index contributed by atoms with van der Waals surface area (Å²) in [6.07, 6.45) is 1.62. The summed E-state index contributed by atoms with van der Waals surface area (Å²) < 4.78 is 1.72. The molecule has 1 aromatic heterocycles. The third-order valence-corrected chi connectivity index (χ3v) is 6.44. The smallest absolute Gasteiger partial charge is 0.315 e. The monoisotopic (exact) mass is 529 g/mol. The number of anilines is 2. The van der Waals surface area contributed by atoms with Crippen molar-refractivity contribution in [3.63, 3.8) is 0 Å². The van der Waals surface area contributed by atoms with Crippen molar-refractivity contribution in [1.82, 2.24) is 14.7 Å². The van der Waals surface area contributed by atoms with Gasteiger partial charge in [-0.25, -0.2) is 9.48 Å². The third kappa shape index (κ3) is 7.02. The maximum atomic E-state index is 13.1. The molecular weight excluding hydrogens is 497 g/mol. The van der Waals surface area contributed by atoms with Crippen LogP contribution in [0.1, 0.15) is 51.8 Å². The lowest BCUT2D eigenvalue weighted by Gasteiger charge is -2.23. The number of aryl methyl sites for hydroxylation is 1. The molecule has 3 amide bonds. The van der Waals surface area contributed by atoms with Gasteiger partial charge >= 0.3 is 6.03 Å². The van der Waals surface area contributed by atoms with Crippen molar-refractivity contribution in [2.45, 2.75) is 52.9 Å². The Labute approximate surface area is 222 Å². The average Bonchev–Trinajstić information content (AvgIpc) is 3.24. The number of aromatic nitrogens is 2. The molecule has 7 nitrogen and oxygen atoms in total. The van der Waals surface area contributed by atoms with Gasteiger partial charge in [-0.1, -0.05) is 81.1 Å². The molecule has 0 bridgehead atoms. The van der Waals surface area contributed by atoms with Crippen molar-refractivity contribution in [2.24, 2.45) is 0 Å². The quantitative estimate of drug-likeness (QED) is 0.327. The lowest BCUT2D eigenvalue weighted by molar-refractivity contribution is -0.116. The summed E-state index contributed by atoms with van der Waals surface area (Å²) in [5, 5.41) is 11.1. The standard InChI is InChI=1S/C27H33Cl2N5O2/c1-6-7-15-33(26(36)30-21-10-8-9-20(28)25(21)29)17-24(35)31-23-16-22(27(3,4)5)32-34(23)19-13-11-18(2)12-14-19/h8-14,16H,6-7,15,17H2,1-5H3,(H,30,36)(H,31,35). The number of carbonyl (C=O) groups excluding carboxylic acids is 2. The second kappa shape index (κ2) is 11.8. The average molecular weight is 531 g/mol. The van der Waals surface area contributed by atoms with Crippen LogP contribution in [0.25, 0.3) is 5.69 Å². The van der Waals surface area contributed by atoms with Gasteiger partial charge in [0, 0.05) is 18.0 Å². The fourth-order valence-corrected chi connectivity index (χ4v) is 3.82. The van der Waals surface area contributed by atoms with E-state index in [-0.39, 0.29) is 22.9 Å². The lowest BCUT2D eigenvalue weighted by atomic mass is 9.92. The molecule has 0 spiro atoms. The predicted molar refractivity (Wildman–Crippen MR) is 148 cm³/mol. The fourth-order valence-electron chi connectivity index (χ4n) is 3.47. The highest BCUT2D eigenvalue weighted by atomic mass is 35.5. The largest absolute Gasteiger partial charge is 0.322 e. The summed E-state index contributed by atoms with van der Waals surface area (Å²) in [6.45, 7) is 10.5. The van der Waals surface area contributed by atoms with Crippen molar-refractivity contribution >= 4 is 46.6 Å². The van der Waals surface area contributed by atoms with Crippen molar-refractivity contribution in [2.75, 3.05) is 23.7 Å². The summed E-state index contributed by atoms with van der Waals surface area (Å²) in [5.41, 5.74) is 2.99. The molecule has 0 saturated carbocycles. The Morgan fingerprint density at radius 2 is 1.75 bits per heavy atom. The maximum Gasteiger partial charge on any atom is 0.322 e. The first-order valence-electron chi connectivity index (χ1n) is 12.0. The van der Waals surface area contributed by atoms with Gasteiger partial charge in [-0.2, -0.15) is 5.10 Å². The van der Waals surface area contributed by atoms with Gasteiger partial charge in [0.25, 0.3) is 0 Å². The van der Waals surface area contributed by atoms with Crippen LogP contribution in [0.15, 0.2) is 48.5 Å². The number of amides is 3. The van der Waals surface area contributed by atoms with E-state index in [0.29, 0.717) is 23.1 Å². The van der Waals surface area contributed by atoms with Crippen molar-refractivity contribution in [3.05, 3.63) is 69.8 Å². The van der Waals surface area contributed by atoms with Gasteiger partial charge in [0.1, 0.15) is 12.4 Å². The molecule has 2 aromatic carbocycles. The Hall–Kier alpha value is -3.03. The number of hydrogen-bond acceptors (Lipinski definition) is 3. The Bertz CT molecular complexity index is 1220. The Kier molecular flexibility index (Phi) is 9.03. The summed E-state index contributed by atoms with van der Waals surface area (Å²) in [7, 11) is 0. The van der Waals surface area contributed by atoms with E-state index >= 15 is 0 Å². The first-order valence-corrected chi connectivity index (χ1v) is 12.7. The Morgan fingerprint density at radius 3 is 2.39 bits per heavy atom. The van der Waals surface area contributed by atoms with Gasteiger partial charge in [0.15, 0.2) is 0 Å². The molecule has 0 radical (unpaired) electrons. The van der Waals surface area contributed by atoms with Gasteiger partial charge in [0.05, 0.1) is 27.1 Å². The zero-order valence-corrected chi connectivity index (χ0v) is 22.9. The lowest BCUT2D eigenvalue weighted by Crippen LogP contribution is -2.41. The predicted octanol–water partition coefficient (Wildman–Crippen LogP) is 7.06. The van der Waals surface area contributed by atoms with E-state index in [9.17, 15) is 9.59 Å². The van der Waals surface area contributed by atoms with Gasteiger partial charge in [0.2, 0.25) is 5.91 Å². The highest BCUT2D eigenvalue weighted by Crippen LogP contribution is 2.30. The first-order chi connectivity index (χ1) is 17.0. The van der Waals surface area contributed by atoms with Crippen LogP contribution in [0, 0.1) is 6.92 Å². The fraction of sp³-hybridized carbons (Fsp3) is 0.370. The van der Waals surface area contributed by atoms with E-state index < -0.39 is 6.03 Å². The molecule has 3 aromatic rings. The number of nitrogens with one attached hydrogen (secondary N) is 2. The molecule has 1 heterocycles. The minimum atomic E-state index is -0.426. The van der Waals surface area contributed by atoms with E-state index in [4.69, 9.17) is 28.3 Å². The van der Waals surface area contributed by atoms with Crippen molar-refractivity contribution in [1.29, 1.82) is 0 Å². The van der Waals surface area contributed by atoms with Gasteiger partial charge in [-0.15, -0.1) is 0 Å². The summed E-state index contributed by atoms with van der Waals surface area (Å²) in [5.74, 6) is 0.217. The summed E-state index contributed by atoms with van der Waals surface area (Å²) >= 11 is 12.3. The molecule has 9 heteroatoms. The normalized spacial score (nSPS) is 11.3. The highest BCUT2D eigenvalue weighted by molar-refractivity contribution is 6.43. The van der Waals surface area contributed by atoms with E-state index in [1.807, 2.05) is 44.2 Å². The van der Waals surface area contributed by atoms with Crippen LogP contribution < -0.4 is 10.6 Å². The Balaban J connectivity index is 1.81. The molecule has 0 unspecified atom stereocenters. The van der Waals surface area contributed by atoms with Gasteiger partial charge in [-0.05, 0) is 37.6 Å². The number of hydrogen-bond donors (Lipinski definition) is 2. The summed E-state index contributed by atoms with van der Waals surface area (Å²) in [6, 6.07) is 14.4. The van der Waals surface area contributed by atoms with Crippen LogP contribution in [0.5, 0.6) is 0 Å². The van der Waals surface area contributed by atoms with E-state index in [1.54, 1.807) is 22.9 Å². The van der Waals surface area contributed by atoms with Gasteiger partial charge in [-0.3, -0.25) is 4.79 Å². The van der Waals surface area contributed by atoms with E-state index in [1.165, 1.54) is 4.90 Å². The number of benzene rings is 2. The van der Waals surface area contributed by atoms with Crippen LogP contribution in [-0.4, -0.2) is 39.7 Å². The summed E-state index contributed by atoms with van der Waals surface area (Å²) in [4.78, 5) is 27.6. The minimum Gasteiger partial charge on any atom is -0.315 e. The number of halogens is 2. The van der Waals surface area contributed by atoms with Crippen LogP contribution in [0.3, 0.4) is 0 Å². The van der Waals surface area contributed by atoms with Crippen LogP contribution in [0.4, 0.5) is 16.3 Å². The number of unbranched alkanes of at least 4 members (excludes halogenated alkanes) is 1. The highest BCUT2D eigenvalue weighted by Gasteiger charge is 2.23. The van der Waals surface area contributed by atoms with Crippen molar-refractivity contribution in [3.8, 4) is 5.69 Å². The number of urea groups is 1. The molecule has 36 heavy (non-hydrogen) atoms. The topological polar surface area (TPSA) is 79.3 Å². The van der Waals surface area contributed by atoms with E-state index in [0.717, 1.165) is 29.8 Å². The third-order valence-electron chi connectivity index (χ3n) is 5.62. The molecular formula is C27H33Cl2N5O2. The number of rotatable bonds is 8. The molecule has 2 N–H and O–H groups in total. The van der Waals surface area contributed by atoms with E-state index in [2.05, 4.69) is 31.4 Å². The van der Waals surface area contributed by atoms with Crippen molar-refractivity contribution < 1.29 is 9.59 Å². The minimum absolute atomic E-state index is 0.131. The molecule has 0 atom stereocenters. The molecule has 0 aliphatic carbocycles. The van der Waals surface area contributed by atoms with Crippen LogP contribution in [-0.2, 0) is 10.2 Å². The molecule has 0 aliphatic rings. The number of carbonyl (C=O) groups is 2. The zero-order chi connectivity index (χ0) is 26.5. The molecule has 0 fully saturated rings. The first kappa shape index (κ1) is 27.6. The number of nitrogens with zero attached hydrogens (tertiary/aromatic N) is 3. The Morgan fingerprint density at radius 1 is 1.06 bits per heavy atom. The second-order valence-corrected chi connectivity index (χ2v) is 10.6. The maximum absolute atomic E-state index is 13.1. The second-order valence-electron chi connectivity index (χ2n) is 9.77. The SMILES string of the molecule is CCCCN(CC(=O)Nc1cc(C(C)(C)C)nn1-c1ccc(C)cc1)C(=O)Nc1cccc(Cl)c1Cl. The van der Waals surface area contributed by atoms with Crippen LogP contribution >= 0.6 is 23.2 Å². The van der Waals surface area contributed by atoms with Crippen LogP contribution in [0.2, 0.25) is 10.0 Å². The molecule has 0 saturated heterocycles. The zero-order valence-electron chi connectivity index (χ0n) is 21.4. The molecule has 192 valence electrons. The molecule has 0 aliphatic heterocycles.